The van der Waals surface area contributed by atoms with Crippen molar-refractivity contribution >= 4 is 35.2 Å². The van der Waals surface area contributed by atoms with Crippen molar-refractivity contribution in [2.45, 2.75) is 6.04 Å². The Labute approximate surface area is 187 Å². The highest BCUT2D eigenvalue weighted by Gasteiger charge is 2.35. The third kappa shape index (κ3) is 4.58. The molecule has 1 aromatic heterocycles. The smallest absolute Gasteiger partial charge is 0.338 e. The molecule has 162 valence electrons. The molecular weight excluding hydrogens is 446 g/mol. The number of thioether (sulfide) groups is 1. The Morgan fingerprint density at radius 3 is 2.90 bits per heavy atom. The number of amidine groups is 1. The third-order valence-corrected chi connectivity index (χ3v) is 6.32. The van der Waals surface area contributed by atoms with Gasteiger partial charge in [-0.25, -0.2) is 18.6 Å². The quantitative estimate of drug-likeness (QED) is 0.683. The molecule has 0 saturated carbocycles. The van der Waals surface area contributed by atoms with Gasteiger partial charge in [0.2, 0.25) is 0 Å². The minimum Gasteiger partial charge on any atom is -0.466 e. The van der Waals surface area contributed by atoms with Gasteiger partial charge in [-0.1, -0.05) is 17.7 Å². The molecule has 0 bridgehead atoms. The number of hydrogen-bond donors (Lipinski definition) is 1. The third-order valence-electron chi connectivity index (χ3n) is 4.98. The average molecular weight is 465 g/mol. The number of pyridine rings is 1. The summed E-state index contributed by atoms with van der Waals surface area (Å²) in [6, 6.07) is 5.71. The van der Waals surface area contributed by atoms with Gasteiger partial charge in [-0.05, 0) is 24.3 Å². The molecule has 2 aliphatic rings. The molecule has 0 aliphatic carbocycles. The first kappa shape index (κ1) is 21.7. The number of nitrogens with one attached hydrogen (secondary N) is 1. The second-order valence-corrected chi connectivity index (χ2v) is 8.46. The van der Waals surface area contributed by atoms with Crippen LogP contribution < -0.4 is 5.32 Å². The highest BCUT2D eigenvalue weighted by Crippen LogP contribution is 2.37. The highest BCUT2D eigenvalue weighted by atomic mass is 35.5. The van der Waals surface area contributed by atoms with E-state index in [0.29, 0.717) is 17.8 Å². The summed E-state index contributed by atoms with van der Waals surface area (Å²) < 4.78 is 33.2. The zero-order valence-corrected chi connectivity index (χ0v) is 18.1. The van der Waals surface area contributed by atoms with Crippen molar-refractivity contribution in [3.8, 4) is 0 Å². The van der Waals surface area contributed by atoms with Gasteiger partial charge in [0.05, 0.1) is 12.7 Å². The van der Waals surface area contributed by atoms with E-state index in [1.54, 1.807) is 11.8 Å². The fraction of sp³-hybridized carbons (Fsp3) is 0.286. The molecule has 4 rings (SSSR count). The second kappa shape index (κ2) is 9.33. The summed E-state index contributed by atoms with van der Waals surface area (Å²) in [4.78, 5) is 23.6. The van der Waals surface area contributed by atoms with Crippen molar-refractivity contribution in [1.82, 2.24) is 15.2 Å². The lowest BCUT2D eigenvalue weighted by molar-refractivity contribution is -0.136. The van der Waals surface area contributed by atoms with Crippen LogP contribution in [-0.2, 0) is 9.53 Å². The van der Waals surface area contributed by atoms with E-state index < -0.39 is 23.6 Å². The molecule has 3 heterocycles. The second-order valence-electron chi connectivity index (χ2n) is 6.98. The van der Waals surface area contributed by atoms with Crippen molar-refractivity contribution in [2.75, 3.05) is 31.8 Å². The SMILES string of the molecule is COC(=O)C1=C(CN2CCSC2)NC(c2ncccc2F)=NC1c1ccc(F)cc1Cl. The van der Waals surface area contributed by atoms with Crippen molar-refractivity contribution in [3.05, 3.63) is 75.7 Å². The lowest BCUT2D eigenvalue weighted by Gasteiger charge is -2.29. The van der Waals surface area contributed by atoms with Crippen LogP contribution in [0.15, 0.2) is 52.8 Å². The van der Waals surface area contributed by atoms with Gasteiger partial charge in [-0.3, -0.25) is 9.89 Å². The molecule has 6 nitrogen and oxygen atoms in total. The van der Waals surface area contributed by atoms with Crippen molar-refractivity contribution in [2.24, 2.45) is 4.99 Å². The lowest BCUT2D eigenvalue weighted by Crippen LogP contribution is -2.39. The van der Waals surface area contributed by atoms with Crippen LogP contribution >= 0.6 is 23.4 Å². The summed E-state index contributed by atoms with van der Waals surface area (Å²) in [6.07, 6.45) is 1.46. The van der Waals surface area contributed by atoms with Gasteiger partial charge in [-0.15, -0.1) is 11.8 Å². The number of esters is 1. The fourth-order valence-corrected chi connectivity index (χ4v) is 4.77. The van der Waals surface area contributed by atoms with E-state index in [0.717, 1.165) is 24.2 Å². The maximum Gasteiger partial charge on any atom is 0.338 e. The van der Waals surface area contributed by atoms with Crippen molar-refractivity contribution in [1.29, 1.82) is 0 Å². The van der Waals surface area contributed by atoms with Crippen molar-refractivity contribution < 1.29 is 18.3 Å². The van der Waals surface area contributed by atoms with Gasteiger partial charge in [0.1, 0.15) is 17.6 Å². The van der Waals surface area contributed by atoms with Gasteiger partial charge in [0.15, 0.2) is 11.7 Å². The molecule has 10 heteroatoms. The van der Waals surface area contributed by atoms with E-state index in [9.17, 15) is 13.6 Å². The number of halogens is 3. The Morgan fingerprint density at radius 2 is 2.23 bits per heavy atom. The number of hydrogen-bond acceptors (Lipinski definition) is 7. The molecule has 2 aliphatic heterocycles. The number of rotatable bonds is 5. The Hall–Kier alpha value is -2.49. The predicted octanol–water partition coefficient (Wildman–Crippen LogP) is 3.54. The van der Waals surface area contributed by atoms with E-state index in [1.807, 2.05) is 0 Å². The molecule has 2 aromatic rings. The Balaban J connectivity index is 1.86. The van der Waals surface area contributed by atoms with E-state index in [2.05, 4.69) is 20.2 Å². The van der Waals surface area contributed by atoms with E-state index in [4.69, 9.17) is 16.3 Å². The van der Waals surface area contributed by atoms with Gasteiger partial charge >= 0.3 is 5.97 Å². The number of nitrogens with zero attached hydrogens (tertiary/aromatic N) is 3. The molecule has 1 fully saturated rings. The van der Waals surface area contributed by atoms with Crippen LogP contribution in [0.1, 0.15) is 17.3 Å². The minimum absolute atomic E-state index is 0.0166. The number of aromatic nitrogens is 1. The first-order valence-corrected chi connectivity index (χ1v) is 11.0. The van der Waals surface area contributed by atoms with Crippen LogP contribution in [0.25, 0.3) is 0 Å². The molecule has 1 aromatic carbocycles. The van der Waals surface area contributed by atoms with E-state index >= 15 is 0 Å². The Bertz CT molecular complexity index is 1070. The molecule has 1 unspecified atom stereocenters. The van der Waals surface area contributed by atoms with Gasteiger partial charge in [0, 0.05) is 47.2 Å². The number of ether oxygens (including phenoxy) is 1. The molecule has 1 N–H and O–H groups in total. The summed E-state index contributed by atoms with van der Waals surface area (Å²) >= 11 is 8.09. The number of benzene rings is 1. The largest absolute Gasteiger partial charge is 0.466 e. The lowest BCUT2D eigenvalue weighted by atomic mass is 9.95. The number of aliphatic imine (C=N–C) groups is 1. The van der Waals surface area contributed by atoms with Gasteiger partial charge in [0.25, 0.3) is 0 Å². The molecule has 0 spiro atoms. The van der Waals surface area contributed by atoms with E-state index in [1.165, 1.54) is 37.6 Å². The van der Waals surface area contributed by atoms with Crippen LogP contribution in [0.5, 0.6) is 0 Å². The average Bonchev–Trinajstić information content (AvgIpc) is 3.26. The monoisotopic (exact) mass is 464 g/mol. The van der Waals surface area contributed by atoms with Crippen molar-refractivity contribution in [3.63, 3.8) is 0 Å². The summed E-state index contributed by atoms with van der Waals surface area (Å²) in [7, 11) is 1.28. The first-order valence-electron chi connectivity index (χ1n) is 9.50. The maximum atomic E-state index is 14.5. The summed E-state index contributed by atoms with van der Waals surface area (Å²) in [6.45, 7) is 1.25. The molecule has 0 radical (unpaired) electrons. The predicted molar refractivity (Wildman–Crippen MR) is 116 cm³/mol. The van der Waals surface area contributed by atoms with Crippen LogP contribution in [0.3, 0.4) is 0 Å². The number of carbonyl (C=O) groups excluding carboxylic acids is 1. The van der Waals surface area contributed by atoms with Gasteiger partial charge < -0.3 is 10.1 Å². The summed E-state index contributed by atoms with van der Waals surface area (Å²) in [5, 5.41) is 3.20. The standard InChI is InChI=1S/C21H19ClF2N4O2S/c1-30-21(29)17-16(10-28-7-8-31-11-28)26-20(19-15(24)3-2-6-25-19)27-18(17)13-5-4-12(23)9-14(13)22/h2-6,9,18H,7-8,10-11H2,1H3,(H,26,27). The normalized spacial score (nSPS) is 19.2. The van der Waals surface area contributed by atoms with E-state index in [-0.39, 0.29) is 22.1 Å². The molecule has 31 heavy (non-hydrogen) atoms. The Morgan fingerprint density at radius 1 is 1.39 bits per heavy atom. The fourth-order valence-electron chi connectivity index (χ4n) is 3.50. The topological polar surface area (TPSA) is 66.8 Å². The maximum absolute atomic E-state index is 14.5. The summed E-state index contributed by atoms with van der Waals surface area (Å²) in [5.74, 6) is 0.272. The molecular formula is C21H19ClF2N4O2S. The molecule has 1 saturated heterocycles. The number of carbonyl (C=O) groups is 1. The van der Waals surface area contributed by atoms with Gasteiger partial charge in [-0.2, -0.15) is 0 Å². The highest BCUT2D eigenvalue weighted by molar-refractivity contribution is 7.99. The zero-order chi connectivity index (χ0) is 22.0. The van der Waals surface area contributed by atoms with Crippen LogP contribution in [0, 0.1) is 11.6 Å². The van der Waals surface area contributed by atoms with Crippen LogP contribution in [0.2, 0.25) is 5.02 Å². The summed E-state index contributed by atoms with van der Waals surface area (Å²) in [5.41, 5.74) is 1.19. The minimum atomic E-state index is -0.913. The zero-order valence-electron chi connectivity index (χ0n) is 16.6. The first-order chi connectivity index (χ1) is 15.0. The van der Waals surface area contributed by atoms with Crippen LogP contribution in [-0.4, -0.2) is 53.5 Å². The molecule has 1 atom stereocenters. The Kier molecular flexibility index (Phi) is 6.54. The number of methoxy groups -OCH3 is 1. The van der Waals surface area contributed by atoms with Crippen LogP contribution in [0.4, 0.5) is 8.78 Å². The molecule has 0 amide bonds.